The van der Waals surface area contributed by atoms with Gasteiger partial charge in [-0.25, -0.2) is 0 Å². The lowest BCUT2D eigenvalue weighted by atomic mass is 10.1. The van der Waals surface area contributed by atoms with E-state index < -0.39 is 0 Å². The predicted octanol–water partition coefficient (Wildman–Crippen LogP) is 1.66. The number of benzene rings is 1. The molecule has 0 heterocycles. The van der Waals surface area contributed by atoms with Gasteiger partial charge in [-0.05, 0) is 25.5 Å². The number of likely N-dealkylation sites (N-methyl/N-ethyl adjacent to an activating group) is 2. The van der Waals surface area contributed by atoms with Crippen molar-refractivity contribution >= 4 is 5.91 Å². The maximum Gasteiger partial charge on any atom is 0.236 e. The van der Waals surface area contributed by atoms with Gasteiger partial charge in [0.1, 0.15) is 0 Å². The van der Waals surface area contributed by atoms with Crippen molar-refractivity contribution in [1.29, 1.82) is 0 Å². The highest BCUT2D eigenvalue weighted by atomic mass is 16.3. The van der Waals surface area contributed by atoms with E-state index in [2.05, 4.69) is 36.1 Å². The first-order valence-corrected chi connectivity index (χ1v) is 7.19. The quantitative estimate of drug-likeness (QED) is 0.786. The first kappa shape index (κ1) is 16.7. The molecule has 0 saturated carbocycles. The second-order valence-corrected chi connectivity index (χ2v) is 5.18. The van der Waals surface area contributed by atoms with Crippen LogP contribution in [0.3, 0.4) is 0 Å². The third-order valence-corrected chi connectivity index (χ3v) is 3.40. The Balaban J connectivity index is 2.47. The number of hydrogen-bond donors (Lipinski definition) is 1. The molecular weight excluding hydrogens is 252 g/mol. The monoisotopic (exact) mass is 278 g/mol. The largest absolute Gasteiger partial charge is 0.396 e. The van der Waals surface area contributed by atoms with Crippen LogP contribution in [0.1, 0.15) is 24.5 Å². The molecule has 0 fully saturated rings. The van der Waals surface area contributed by atoms with Crippen molar-refractivity contribution in [3.63, 3.8) is 0 Å². The van der Waals surface area contributed by atoms with Crippen molar-refractivity contribution in [3.8, 4) is 0 Å². The average Bonchev–Trinajstić information content (AvgIpc) is 2.45. The maximum absolute atomic E-state index is 12.2. The van der Waals surface area contributed by atoms with Crippen molar-refractivity contribution in [3.05, 3.63) is 35.4 Å². The van der Waals surface area contributed by atoms with Gasteiger partial charge in [0.05, 0.1) is 6.54 Å². The van der Waals surface area contributed by atoms with E-state index in [1.165, 1.54) is 5.56 Å². The molecule has 1 aromatic rings. The summed E-state index contributed by atoms with van der Waals surface area (Å²) in [5.74, 6) is 0.116. The van der Waals surface area contributed by atoms with Gasteiger partial charge in [0.25, 0.3) is 0 Å². The predicted molar refractivity (Wildman–Crippen MR) is 81.5 cm³/mol. The van der Waals surface area contributed by atoms with E-state index in [0.717, 1.165) is 18.7 Å². The van der Waals surface area contributed by atoms with Gasteiger partial charge in [-0.15, -0.1) is 0 Å². The number of rotatable bonds is 8. The molecular formula is C16H26N2O2. The molecule has 1 rings (SSSR count). The maximum atomic E-state index is 12.2. The van der Waals surface area contributed by atoms with Crippen molar-refractivity contribution < 1.29 is 9.90 Å². The first-order valence-electron chi connectivity index (χ1n) is 7.19. The summed E-state index contributed by atoms with van der Waals surface area (Å²) in [6.45, 7) is 6.89. The average molecular weight is 278 g/mol. The van der Waals surface area contributed by atoms with Gasteiger partial charge >= 0.3 is 0 Å². The van der Waals surface area contributed by atoms with Crippen LogP contribution in [0.5, 0.6) is 0 Å². The summed E-state index contributed by atoms with van der Waals surface area (Å²) in [5.41, 5.74) is 2.37. The van der Waals surface area contributed by atoms with Crippen LogP contribution in [-0.2, 0) is 11.3 Å². The molecule has 4 nitrogen and oxygen atoms in total. The summed E-state index contributed by atoms with van der Waals surface area (Å²) in [4.78, 5) is 16.0. The Bertz CT molecular complexity index is 403. The number of aliphatic hydroxyl groups excluding tert-OH is 1. The minimum atomic E-state index is 0.116. The minimum absolute atomic E-state index is 0.116. The second-order valence-electron chi connectivity index (χ2n) is 5.18. The van der Waals surface area contributed by atoms with Crippen LogP contribution in [-0.4, -0.2) is 54.1 Å². The van der Waals surface area contributed by atoms with Gasteiger partial charge in [0.2, 0.25) is 5.91 Å². The zero-order valence-corrected chi connectivity index (χ0v) is 12.8. The van der Waals surface area contributed by atoms with E-state index in [0.29, 0.717) is 19.5 Å². The van der Waals surface area contributed by atoms with Crippen LogP contribution in [0.25, 0.3) is 0 Å². The lowest BCUT2D eigenvalue weighted by molar-refractivity contribution is -0.131. The molecule has 0 radical (unpaired) electrons. The van der Waals surface area contributed by atoms with Crippen molar-refractivity contribution in [2.45, 2.75) is 26.8 Å². The van der Waals surface area contributed by atoms with Crippen molar-refractivity contribution in [1.82, 2.24) is 9.80 Å². The topological polar surface area (TPSA) is 43.8 Å². The van der Waals surface area contributed by atoms with Crippen LogP contribution in [0.2, 0.25) is 0 Å². The fourth-order valence-electron chi connectivity index (χ4n) is 2.01. The molecule has 1 aromatic carbocycles. The molecule has 0 bridgehead atoms. The van der Waals surface area contributed by atoms with E-state index in [1.54, 1.807) is 4.90 Å². The normalized spacial score (nSPS) is 10.8. The smallest absolute Gasteiger partial charge is 0.236 e. The standard InChI is InChI=1S/C16H26N2O2/c1-4-18(10-5-11-19)13-16(20)17(3)12-15-8-6-14(2)7-9-15/h6-9,19H,4-5,10-13H2,1-3H3. The number of aliphatic hydroxyl groups is 1. The zero-order valence-electron chi connectivity index (χ0n) is 12.8. The third kappa shape index (κ3) is 5.72. The summed E-state index contributed by atoms with van der Waals surface area (Å²) >= 11 is 0. The van der Waals surface area contributed by atoms with Crippen molar-refractivity contribution in [2.24, 2.45) is 0 Å². The Morgan fingerprint density at radius 1 is 1.25 bits per heavy atom. The summed E-state index contributed by atoms with van der Waals surface area (Å²) in [5, 5.41) is 8.85. The van der Waals surface area contributed by atoms with E-state index >= 15 is 0 Å². The van der Waals surface area contributed by atoms with Crippen LogP contribution in [0.15, 0.2) is 24.3 Å². The molecule has 1 amide bonds. The molecule has 0 aliphatic heterocycles. The third-order valence-electron chi connectivity index (χ3n) is 3.40. The van der Waals surface area contributed by atoms with Crippen LogP contribution in [0, 0.1) is 6.92 Å². The number of carbonyl (C=O) groups is 1. The van der Waals surface area contributed by atoms with Crippen LogP contribution >= 0.6 is 0 Å². The highest BCUT2D eigenvalue weighted by molar-refractivity contribution is 5.78. The minimum Gasteiger partial charge on any atom is -0.396 e. The fourth-order valence-corrected chi connectivity index (χ4v) is 2.01. The molecule has 20 heavy (non-hydrogen) atoms. The van der Waals surface area contributed by atoms with Gasteiger partial charge in [0, 0.05) is 26.7 Å². The van der Waals surface area contributed by atoms with Gasteiger partial charge < -0.3 is 10.0 Å². The molecule has 112 valence electrons. The van der Waals surface area contributed by atoms with E-state index in [4.69, 9.17) is 5.11 Å². The van der Waals surface area contributed by atoms with Gasteiger partial charge in [-0.3, -0.25) is 9.69 Å². The molecule has 0 unspecified atom stereocenters. The molecule has 0 atom stereocenters. The van der Waals surface area contributed by atoms with Crippen LogP contribution < -0.4 is 0 Å². The SMILES string of the molecule is CCN(CCCO)CC(=O)N(C)Cc1ccc(C)cc1. The lowest BCUT2D eigenvalue weighted by Gasteiger charge is -2.24. The number of carbonyl (C=O) groups excluding carboxylic acids is 1. The van der Waals surface area contributed by atoms with E-state index in [1.807, 2.05) is 14.0 Å². The number of amides is 1. The summed E-state index contributed by atoms with van der Waals surface area (Å²) < 4.78 is 0. The molecule has 1 N–H and O–H groups in total. The van der Waals surface area contributed by atoms with Gasteiger partial charge in [-0.1, -0.05) is 36.8 Å². The summed E-state index contributed by atoms with van der Waals surface area (Å²) in [7, 11) is 1.84. The molecule has 4 heteroatoms. The number of hydrogen-bond acceptors (Lipinski definition) is 3. The van der Waals surface area contributed by atoms with E-state index in [9.17, 15) is 4.79 Å². The Labute approximate surface area is 122 Å². The van der Waals surface area contributed by atoms with Gasteiger partial charge in [-0.2, -0.15) is 0 Å². The second kappa shape index (κ2) is 8.72. The number of aryl methyl sites for hydroxylation is 1. The zero-order chi connectivity index (χ0) is 15.0. The fraction of sp³-hybridized carbons (Fsp3) is 0.562. The highest BCUT2D eigenvalue weighted by Crippen LogP contribution is 2.06. The van der Waals surface area contributed by atoms with Crippen molar-refractivity contribution in [2.75, 3.05) is 33.3 Å². The Morgan fingerprint density at radius 3 is 2.45 bits per heavy atom. The molecule has 0 saturated heterocycles. The van der Waals surface area contributed by atoms with E-state index in [-0.39, 0.29) is 12.5 Å². The Kier molecular flexibility index (Phi) is 7.26. The lowest BCUT2D eigenvalue weighted by Crippen LogP contribution is -2.38. The summed E-state index contributed by atoms with van der Waals surface area (Å²) in [6, 6.07) is 8.24. The highest BCUT2D eigenvalue weighted by Gasteiger charge is 2.13. The Hall–Kier alpha value is -1.39. The molecule has 0 aromatic heterocycles. The first-order chi connectivity index (χ1) is 9.56. The summed E-state index contributed by atoms with van der Waals surface area (Å²) in [6.07, 6.45) is 0.711. The molecule has 0 spiro atoms. The molecule has 0 aliphatic carbocycles. The number of nitrogens with zero attached hydrogens (tertiary/aromatic N) is 2. The van der Waals surface area contributed by atoms with Crippen LogP contribution in [0.4, 0.5) is 0 Å². The van der Waals surface area contributed by atoms with Gasteiger partial charge in [0.15, 0.2) is 0 Å². The molecule has 0 aliphatic rings. The Morgan fingerprint density at radius 2 is 1.90 bits per heavy atom.